The number of aryl methyl sites for hydroxylation is 1. The van der Waals surface area contributed by atoms with Crippen LogP contribution in [-0.2, 0) is 22.3 Å². The van der Waals surface area contributed by atoms with Crippen LogP contribution in [0.2, 0.25) is 0 Å². The first-order chi connectivity index (χ1) is 33.8. The molecule has 0 spiro atoms. The molecule has 0 aliphatic heterocycles. The normalized spacial score (nSPS) is 13.2. The van der Waals surface area contributed by atoms with Crippen LogP contribution in [0.5, 0.6) is 5.75 Å². The molecular weight excluding hydrogens is 909 g/mol. The topological polar surface area (TPSA) is 185 Å². The van der Waals surface area contributed by atoms with Crippen LogP contribution < -0.4 is 0 Å². The number of aliphatic hydroxyl groups excluding tert-OH is 1. The van der Waals surface area contributed by atoms with E-state index in [-0.39, 0.29) is 38.8 Å². The molecule has 0 saturated heterocycles. The van der Waals surface area contributed by atoms with Gasteiger partial charge < -0.3 is 29.9 Å². The van der Waals surface area contributed by atoms with Gasteiger partial charge in [0.15, 0.2) is 5.78 Å². The Balaban J connectivity index is 2.06. The van der Waals surface area contributed by atoms with Gasteiger partial charge in [-0.05, 0) is 130 Å². The number of aromatic carboxylic acids is 2. The molecule has 0 aliphatic carbocycles. The second kappa shape index (κ2) is 25.3. The number of hydrogen-bond acceptors (Lipinski definition) is 9. The van der Waals surface area contributed by atoms with E-state index in [0.717, 1.165) is 54.5 Å². The first-order valence-electron chi connectivity index (χ1n) is 27.1. The summed E-state index contributed by atoms with van der Waals surface area (Å²) in [4.78, 5) is 68.6. The summed E-state index contributed by atoms with van der Waals surface area (Å²) in [6.45, 7) is 30.9. The lowest BCUT2D eigenvalue weighted by molar-refractivity contribution is -0.127. The van der Waals surface area contributed by atoms with Crippen molar-refractivity contribution in [2.24, 2.45) is 21.7 Å². The molecule has 72 heavy (non-hydrogen) atoms. The van der Waals surface area contributed by atoms with E-state index in [4.69, 9.17) is 9.47 Å². The number of carbonyl (C=O) groups is 5. The molecule has 11 nitrogen and oxygen atoms in total. The van der Waals surface area contributed by atoms with Crippen molar-refractivity contribution in [2.45, 2.75) is 224 Å². The first kappa shape index (κ1) is 61.3. The number of ether oxygens (including phenoxy) is 2. The number of rotatable bonds is 30. The highest BCUT2D eigenvalue weighted by atomic mass is 16.6. The average molecular weight is 999 g/mol. The highest BCUT2D eigenvalue weighted by Gasteiger charge is 2.52. The molecular formula is C61H90O11. The minimum atomic E-state index is -1.47. The van der Waals surface area contributed by atoms with Gasteiger partial charge in [0.25, 0.3) is 0 Å². The molecule has 0 aliphatic rings. The number of benzene rings is 3. The van der Waals surface area contributed by atoms with Crippen molar-refractivity contribution >= 4 is 29.7 Å². The molecule has 3 aromatic carbocycles. The third-order valence-electron chi connectivity index (χ3n) is 18.3. The quantitative estimate of drug-likeness (QED) is 0.0368. The Morgan fingerprint density at radius 2 is 0.861 bits per heavy atom. The molecule has 1 atom stereocenters. The molecule has 0 fully saturated rings. The molecule has 1 unspecified atom stereocenters. The zero-order valence-electron chi connectivity index (χ0n) is 46.7. The summed E-state index contributed by atoms with van der Waals surface area (Å²) in [7, 11) is 0. The van der Waals surface area contributed by atoms with Crippen molar-refractivity contribution in [3.8, 4) is 5.75 Å². The van der Waals surface area contributed by atoms with Gasteiger partial charge in [-0.2, -0.15) is 0 Å². The highest BCUT2D eigenvalue weighted by Crippen LogP contribution is 2.52. The van der Waals surface area contributed by atoms with Gasteiger partial charge in [0.05, 0.1) is 28.4 Å². The van der Waals surface area contributed by atoms with E-state index >= 15 is 0 Å². The average Bonchev–Trinajstić information content (AvgIpc) is 3.38. The van der Waals surface area contributed by atoms with E-state index in [0.29, 0.717) is 77.0 Å². The van der Waals surface area contributed by atoms with E-state index in [1.54, 1.807) is 0 Å². The predicted molar refractivity (Wildman–Crippen MR) is 287 cm³/mol. The lowest BCUT2D eigenvalue weighted by Crippen LogP contribution is -2.52. The number of carboxylic acids is 2. The fourth-order valence-corrected chi connectivity index (χ4v) is 12.1. The van der Waals surface area contributed by atoms with Gasteiger partial charge in [0.2, 0.25) is 0 Å². The van der Waals surface area contributed by atoms with Crippen LogP contribution in [0.4, 0.5) is 0 Å². The lowest BCUT2D eigenvalue weighted by Gasteiger charge is -2.50. The molecule has 0 saturated carbocycles. The Labute approximate surface area is 431 Å². The van der Waals surface area contributed by atoms with Gasteiger partial charge in [-0.1, -0.05) is 152 Å². The van der Waals surface area contributed by atoms with Gasteiger partial charge in [-0.25, -0.2) is 19.2 Å². The Morgan fingerprint density at radius 3 is 1.21 bits per heavy atom. The van der Waals surface area contributed by atoms with Crippen molar-refractivity contribution in [3.05, 3.63) is 98.6 Å². The van der Waals surface area contributed by atoms with Crippen molar-refractivity contribution in [3.63, 3.8) is 0 Å². The third-order valence-corrected chi connectivity index (χ3v) is 18.3. The zero-order valence-corrected chi connectivity index (χ0v) is 46.7. The molecule has 0 amide bonds. The Morgan fingerprint density at radius 1 is 0.486 bits per heavy atom. The van der Waals surface area contributed by atoms with Crippen LogP contribution in [-0.4, -0.2) is 67.4 Å². The van der Waals surface area contributed by atoms with E-state index in [9.17, 15) is 44.4 Å². The predicted octanol–water partition coefficient (Wildman–Crippen LogP) is 15.0. The molecule has 0 bridgehead atoms. The molecule has 400 valence electrons. The van der Waals surface area contributed by atoms with Gasteiger partial charge in [-0.15, -0.1) is 0 Å². The maximum atomic E-state index is 14.4. The summed E-state index contributed by atoms with van der Waals surface area (Å²) < 4.78 is 13.0. The van der Waals surface area contributed by atoms with Crippen molar-refractivity contribution in [1.82, 2.24) is 0 Å². The summed E-state index contributed by atoms with van der Waals surface area (Å²) in [6.07, 6.45) is 9.25. The Hall–Kier alpha value is -5.03. The zero-order chi connectivity index (χ0) is 54.6. The number of esters is 2. The number of hydrogen-bond donors (Lipinski definition) is 4. The number of carboxylic acid groups (broad SMARTS) is 2. The van der Waals surface area contributed by atoms with E-state index < -0.39 is 68.9 Å². The van der Waals surface area contributed by atoms with Gasteiger partial charge >= 0.3 is 23.9 Å². The summed E-state index contributed by atoms with van der Waals surface area (Å²) in [5.41, 5.74) is -2.46. The summed E-state index contributed by atoms with van der Waals surface area (Å²) in [6, 6.07) is 11.3. The summed E-state index contributed by atoms with van der Waals surface area (Å²) in [5, 5.41) is 44.3. The van der Waals surface area contributed by atoms with Gasteiger partial charge in [-0.3, -0.25) is 4.79 Å². The van der Waals surface area contributed by atoms with E-state index in [1.165, 1.54) is 24.3 Å². The van der Waals surface area contributed by atoms with Crippen LogP contribution >= 0.6 is 0 Å². The van der Waals surface area contributed by atoms with Crippen LogP contribution in [0, 0.1) is 28.6 Å². The van der Waals surface area contributed by atoms with Crippen molar-refractivity contribution in [1.29, 1.82) is 0 Å². The largest absolute Gasteiger partial charge is 0.507 e. The molecule has 0 heterocycles. The van der Waals surface area contributed by atoms with Crippen LogP contribution in [0.1, 0.15) is 261 Å². The number of phenols is 1. The third kappa shape index (κ3) is 12.7. The first-order valence-corrected chi connectivity index (χ1v) is 27.1. The molecule has 0 aromatic heterocycles. The van der Waals surface area contributed by atoms with Crippen LogP contribution in [0.25, 0.3) is 0 Å². The Kier molecular flexibility index (Phi) is 21.5. The number of carbonyl (C=O) groups excluding carboxylic acids is 3. The lowest BCUT2D eigenvalue weighted by atomic mass is 9.61. The maximum absolute atomic E-state index is 14.4. The van der Waals surface area contributed by atoms with Crippen LogP contribution in [0.15, 0.2) is 48.5 Å². The monoisotopic (exact) mass is 999 g/mol. The van der Waals surface area contributed by atoms with Gasteiger partial charge in [0.1, 0.15) is 17.0 Å². The fourth-order valence-electron chi connectivity index (χ4n) is 12.1. The second-order valence-corrected chi connectivity index (χ2v) is 21.5. The van der Waals surface area contributed by atoms with E-state index in [1.807, 2.05) is 74.4 Å². The van der Waals surface area contributed by atoms with Gasteiger partial charge in [0, 0.05) is 22.0 Å². The number of ketones is 1. The molecule has 0 radical (unpaired) electrons. The summed E-state index contributed by atoms with van der Waals surface area (Å²) >= 11 is 0. The minimum absolute atomic E-state index is 0.0110. The number of aliphatic hydroxyl groups is 1. The van der Waals surface area contributed by atoms with Crippen LogP contribution in [0.3, 0.4) is 0 Å². The summed E-state index contributed by atoms with van der Waals surface area (Å²) in [5.74, 6) is -5.14. The SMILES string of the molecule is CCC(C)(CC)Cc1cc(C)cc(CC(CC)(CC)C(CC)(CC)OC(=O)c2ccc(C(=O)c3ccc(C(=O)OC(CC)(CC)C(CC)(CC)CC(O)CC(C)(CC)CC)c(C(=O)O)c3)cc2C(=O)O)c1O. The Bertz CT molecular complexity index is 2350. The maximum Gasteiger partial charge on any atom is 0.339 e. The minimum Gasteiger partial charge on any atom is -0.507 e. The molecule has 3 aromatic rings. The molecule has 4 N–H and O–H groups in total. The number of phenolic OH excluding ortho intramolecular Hbond substituents is 1. The van der Waals surface area contributed by atoms with Crippen molar-refractivity contribution in [2.75, 3.05) is 0 Å². The van der Waals surface area contributed by atoms with E-state index in [2.05, 4.69) is 41.5 Å². The fraction of sp³-hybridized carbons (Fsp3) is 0.623. The number of aromatic hydroxyl groups is 1. The highest BCUT2D eigenvalue weighted by molar-refractivity contribution is 6.13. The standard InChI is InChI=1S/C61H90O11/c1-16-56(14,17-2)36-43-32-40(13)33-44(51(43)64)37-58(20-5,21-6)60(24-9,25-10)71-54(69)46-30-28-41(34-48(46)52(65)66)50(63)42-29-31-47(49(35-42)53(67)68)55(70)72-61(26-11,27-12)59(22-7,23-8)39-45(62)38-57(15,18-3)19-4/h28-35,45,62,64H,16-27,36-39H2,1-15H3,(H,65,66)(H,67,68). The smallest absolute Gasteiger partial charge is 0.339 e. The molecule has 3 rings (SSSR count). The molecule has 11 heteroatoms. The second-order valence-electron chi connectivity index (χ2n) is 21.5. The van der Waals surface area contributed by atoms with Crippen molar-refractivity contribution < 1.29 is 53.9 Å².